The maximum absolute atomic E-state index is 12.3. The number of hydrogen-bond acceptors (Lipinski definition) is 4. The van der Waals surface area contributed by atoms with Crippen LogP contribution in [0.4, 0.5) is 4.39 Å². The monoisotopic (exact) mass is 290 g/mol. The van der Waals surface area contributed by atoms with Crippen LogP contribution in [-0.2, 0) is 7.05 Å². The molecule has 110 valence electrons. The number of tetrazole rings is 1. The Labute approximate surface area is 122 Å². The van der Waals surface area contributed by atoms with Crippen molar-refractivity contribution in [1.82, 2.24) is 19.8 Å². The van der Waals surface area contributed by atoms with Gasteiger partial charge in [-0.15, -0.1) is 0 Å². The second kappa shape index (κ2) is 6.11. The van der Waals surface area contributed by atoms with Gasteiger partial charge < -0.3 is 4.74 Å². The van der Waals surface area contributed by atoms with Gasteiger partial charge in [-0.05, 0) is 28.5 Å². The van der Waals surface area contributed by atoms with Gasteiger partial charge in [-0.25, -0.2) is 9.18 Å². The third-order valence-corrected chi connectivity index (χ3v) is 3.07. The predicted molar refractivity (Wildman–Crippen MR) is 77.5 cm³/mol. The van der Waals surface area contributed by atoms with E-state index in [0.29, 0.717) is 16.9 Å². The topological polar surface area (TPSA) is 61.9 Å². The number of benzene rings is 1. The Bertz CT molecular complexity index is 696. The molecule has 1 aromatic carbocycles. The molecule has 0 aliphatic carbocycles. The summed E-state index contributed by atoms with van der Waals surface area (Å²) >= 11 is 0. The van der Waals surface area contributed by atoms with Crippen LogP contribution in [-0.4, -0.2) is 40.9 Å². The van der Waals surface area contributed by atoms with Gasteiger partial charge in [0.1, 0.15) is 32.6 Å². The van der Waals surface area contributed by atoms with Crippen molar-refractivity contribution < 1.29 is 9.13 Å². The lowest BCUT2D eigenvalue weighted by Gasteiger charge is -2.16. The summed E-state index contributed by atoms with van der Waals surface area (Å²) in [4.78, 5) is 12.0. The number of halogens is 1. The summed E-state index contributed by atoms with van der Waals surface area (Å²) in [6, 6.07) is 3.31. The number of nitrogens with zero attached hydrogens (tertiary/aromatic N) is 4. The first-order valence-corrected chi connectivity index (χ1v) is 6.57. The molecule has 0 aliphatic heterocycles. The van der Waals surface area contributed by atoms with Gasteiger partial charge in [-0.2, -0.15) is 9.36 Å². The average Bonchev–Trinajstić information content (AvgIpc) is 2.76. The van der Waals surface area contributed by atoms with Crippen LogP contribution in [0, 0.1) is 0 Å². The standard InChI is InChI=1S/C13H16BFN4O2/c1-8(2)9-6-11(19-13(20)18(3)16-17-19)12(7-10(9)14)21-5-4-15/h6-8H,4-5H2,1-3H3. The number of rotatable bonds is 5. The number of alkyl halides is 1. The van der Waals surface area contributed by atoms with E-state index < -0.39 is 12.4 Å². The second-order valence-electron chi connectivity index (χ2n) is 4.94. The highest BCUT2D eigenvalue weighted by atomic mass is 19.1. The Balaban J connectivity index is 2.62. The number of ether oxygens (including phenoxy) is 1. The summed E-state index contributed by atoms with van der Waals surface area (Å²) in [5.74, 6) is 0.462. The van der Waals surface area contributed by atoms with Gasteiger partial charge in [0.2, 0.25) is 0 Å². The normalized spacial score (nSPS) is 11.1. The van der Waals surface area contributed by atoms with Crippen LogP contribution in [0.5, 0.6) is 5.75 Å². The zero-order chi connectivity index (χ0) is 15.6. The Morgan fingerprint density at radius 3 is 2.62 bits per heavy atom. The van der Waals surface area contributed by atoms with Gasteiger partial charge in [0, 0.05) is 7.05 Å². The van der Waals surface area contributed by atoms with Crippen molar-refractivity contribution in [2.24, 2.45) is 7.05 Å². The quantitative estimate of drug-likeness (QED) is 0.740. The number of aryl methyl sites for hydroxylation is 1. The lowest BCUT2D eigenvalue weighted by Crippen LogP contribution is -2.24. The van der Waals surface area contributed by atoms with Crippen molar-refractivity contribution in [3.05, 3.63) is 28.2 Å². The van der Waals surface area contributed by atoms with Crippen molar-refractivity contribution in [2.45, 2.75) is 19.8 Å². The zero-order valence-corrected chi connectivity index (χ0v) is 12.2. The van der Waals surface area contributed by atoms with Gasteiger partial charge in [0.05, 0.1) is 0 Å². The molecule has 0 amide bonds. The highest BCUT2D eigenvalue weighted by Crippen LogP contribution is 2.24. The molecule has 0 atom stereocenters. The summed E-state index contributed by atoms with van der Waals surface area (Å²) in [5.41, 5.74) is 1.37. The van der Waals surface area contributed by atoms with Gasteiger partial charge >= 0.3 is 5.69 Å². The third-order valence-electron chi connectivity index (χ3n) is 3.07. The maximum atomic E-state index is 12.3. The van der Waals surface area contributed by atoms with E-state index in [1.54, 1.807) is 12.1 Å². The predicted octanol–water partition coefficient (Wildman–Crippen LogP) is 0.231. The molecule has 21 heavy (non-hydrogen) atoms. The summed E-state index contributed by atoms with van der Waals surface area (Å²) in [5, 5.41) is 7.45. The molecule has 0 bridgehead atoms. The molecule has 1 heterocycles. The van der Waals surface area contributed by atoms with Gasteiger partial charge in [-0.1, -0.05) is 24.9 Å². The molecule has 0 spiro atoms. The molecule has 2 radical (unpaired) electrons. The minimum Gasteiger partial charge on any atom is -0.489 e. The molecule has 8 heteroatoms. The van der Waals surface area contributed by atoms with E-state index in [1.165, 1.54) is 7.05 Å². The molecule has 6 nitrogen and oxygen atoms in total. The number of hydrogen-bond donors (Lipinski definition) is 0. The van der Waals surface area contributed by atoms with E-state index in [-0.39, 0.29) is 12.5 Å². The first-order valence-electron chi connectivity index (χ1n) is 6.57. The lowest BCUT2D eigenvalue weighted by atomic mass is 9.85. The van der Waals surface area contributed by atoms with E-state index >= 15 is 0 Å². The average molecular weight is 290 g/mol. The minimum atomic E-state index is -0.638. The summed E-state index contributed by atoms with van der Waals surface area (Å²) in [7, 11) is 7.48. The van der Waals surface area contributed by atoms with Crippen LogP contribution >= 0.6 is 0 Å². The van der Waals surface area contributed by atoms with Crippen LogP contribution in [0.3, 0.4) is 0 Å². The van der Waals surface area contributed by atoms with E-state index in [4.69, 9.17) is 12.6 Å². The van der Waals surface area contributed by atoms with Crippen LogP contribution < -0.4 is 15.9 Å². The highest BCUT2D eigenvalue weighted by Gasteiger charge is 2.16. The largest absolute Gasteiger partial charge is 0.489 e. The Hall–Kier alpha value is -2.12. The lowest BCUT2D eigenvalue weighted by molar-refractivity contribution is 0.272. The van der Waals surface area contributed by atoms with Crippen LogP contribution in [0.1, 0.15) is 25.3 Å². The molecule has 0 saturated heterocycles. The SMILES string of the molecule is [B]c1cc(OCCF)c(-n2nnn(C)c2=O)cc1C(C)C. The minimum absolute atomic E-state index is 0.123. The number of aromatic nitrogens is 4. The molecule has 0 saturated carbocycles. The summed E-state index contributed by atoms with van der Waals surface area (Å²) in [6.45, 7) is 3.21. The fourth-order valence-electron chi connectivity index (χ4n) is 1.99. The molecule has 0 unspecified atom stereocenters. The van der Waals surface area contributed by atoms with E-state index in [9.17, 15) is 9.18 Å². The van der Waals surface area contributed by atoms with Crippen LogP contribution in [0.25, 0.3) is 5.69 Å². The first-order chi connectivity index (χ1) is 9.95. The van der Waals surface area contributed by atoms with Gasteiger partial charge in [0.15, 0.2) is 0 Å². The zero-order valence-electron chi connectivity index (χ0n) is 12.2. The Morgan fingerprint density at radius 1 is 1.38 bits per heavy atom. The van der Waals surface area contributed by atoms with Crippen LogP contribution in [0.15, 0.2) is 16.9 Å². The fourth-order valence-corrected chi connectivity index (χ4v) is 1.99. The molecular weight excluding hydrogens is 274 g/mol. The van der Waals surface area contributed by atoms with Crippen molar-refractivity contribution in [3.8, 4) is 11.4 Å². The third kappa shape index (κ3) is 2.98. The van der Waals surface area contributed by atoms with Crippen molar-refractivity contribution in [2.75, 3.05) is 13.3 Å². The Kier molecular flexibility index (Phi) is 4.45. The van der Waals surface area contributed by atoms with Crippen molar-refractivity contribution >= 4 is 13.3 Å². The first kappa shape index (κ1) is 15.3. The second-order valence-corrected chi connectivity index (χ2v) is 4.94. The molecule has 0 aliphatic rings. The van der Waals surface area contributed by atoms with E-state index in [1.807, 2.05) is 13.8 Å². The Morgan fingerprint density at radius 2 is 2.10 bits per heavy atom. The smallest absolute Gasteiger partial charge is 0.368 e. The molecule has 0 fully saturated rings. The molecule has 2 aromatic rings. The fraction of sp³-hybridized carbons (Fsp3) is 0.462. The van der Waals surface area contributed by atoms with Crippen LogP contribution in [0.2, 0.25) is 0 Å². The molecular formula is C13H16BFN4O2. The van der Waals surface area contributed by atoms with E-state index in [0.717, 1.165) is 14.9 Å². The van der Waals surface area contributed by atoms with E-state index in [2.05, 4.69) is 10.4 Å². The molecule has 0 N–H and O–H groups in total. The molecule has 1 aromatic heterocycles. The van der Waals surface area contributed by atoms with Crippen molar-refractivity contribution in [1.29, 1.82) is 0 Å². The maximum Gasteiger partial charge on any atom is 0.368 e. The van der Waals surface area contributed by atoms with Gasteiger partial charge in [-0.3, -0.25) is 0 Å². The van der Waals surface area contributed by atoms with Crippen molar-refractivity contribution in [3.63, 3.8) is 0 Å². The summed E-state index contributed by atoms with van der Waals surface area (Å²) in [6.07, 6.45) is 0. The summed E-state index contributed by atoms with van der Waals surface area (Å²) < 4.78 is 19.9. The molecule has 2 rings (SSSR count). The highest BCUT2D eigenvalue weighted by molar-refractivity contribution is 6.33. The van der Waals surface area contributed by atoms with Gasteiger partial charge in [0.25, 0.3) is 0 Å².